The van der Waals surface area contributed by atoms with E-state index in [0.717, 1.165) is 69.1 Å². The summed E-state index contributed by atoms with van der Waals surface area (Å²) in [6, 6.07) is 6.39. The first-order valence-corrected chi connectivity index (χ1v) is 19.0. The van der Waals surface area contributed by atoms with Crippen LogP contribution in [0.2, 0.25) is 0 Å². The van der Waals surface area contributed by atoms with Gasteiger partial charge in [-0.15, -0.1) is 0 Å². The normalized spacial score (nSPS) is 19.2. The molecule has 0 aliphatic carbocycles. The van der Waals surface area contributed by atoms with Crippen LogP contribution in [0, 0.1) is 12.8 Å². The Morgan fingerprint density at radius 3 is 2.07 bits per heavy atom. The fourth-order valence-corrected chi connectivity index (χ4v) is 5.08. The molecule has 54 heavy (non-hydrogen) atoms. The Kier molecular flexibility index (Phi) is 18.1. The van der Waals surface area contributed by atoms with Gasteiger partial charge in [-0.1, -0.05) is 88.6 Å². The van der Waals surface area contributed by atoms with Gasteiger partial charge < -0.3 is 28.4 Å². The third-order valence-corrected chi connectivity index (χ3v) is 9.07. The maximum absolute atomic E-state index is 6.53. The molecule has 0 radical (unpaired) electrons. The van der Waals surface area contributed by atoms with E-state index in [1.807, 2.05) is 58.1 Å². The van der Waals surface area contributed by atoms with Gasteiger partial charge in [-0.25, -0.2) is 0 Å². The Bertz CT molecular complexity index is 1750. The number of benzene rings is 1. The minimum atomic E-state index is 0.0738. The summed E-state index contributed by atoms with van der Waals surface area (Å²) in [5, 5.41) is 0. The smallest absolute Gasteiger partial charge is 0.127 e. The molecule has 0 amide bonds. The van der Waals surface area contributed by atoms with Crippen molar-refractivity contribution in [3.8, 4) is 0 Å². The zero-order valence-electron chi connectivity index (χ0n) is 34.0. The second-order valence-electron chi connectivity index (χ2n) is 13.7. The SMILES string of the molecule is C=C\C(=C/C(=C/C(=C\C)OCC1CO1)C(/C)=C\C)OC(=C/C)/C=C(C(=C)C)/C(=C(\C=C)OCC1CO1)c1ccc(/C=C\CC(=C)OCC(C)CC)c(C)c1. The van der Waals surface area contributed by atoms with Gasteiger partial charge in [-0.2, -0.15) is 0 Å². The molecule has 2 heterocycles. The van der Waals surface area contributed by atoms with E-state index in [1.54, 1.807) is 12.2 Å². The summed E-state index contributed by atoms with van der Waals surface area (Å²) in [5.74, 6) is 3.86. The average Bonchev–Trinajstić information content (AvgIpc) is 4.11. The zero-order chi connectivity index (χ0) is 39.6. The Labute approximate surface area is 325 Å². The molecule has 3 rings (SSSR count). The van der Waals surface area contributed by atoms with E-state index in [2.05, 4.69) is 90.4 Å². The summed E-state index contributed by atoms with van der Waals surface area (Å²) in [7, 11) is 0. The van der Waals surface area contributed by atoms with Gasteiger partial charge in [-0.3, -0.25) is 0 Å². The maximum Gasteiger partial charge on any atom is 0.127 e. The molecule has 3 atom stereocenters. The van der Waals surface area contributed by atoms with Crippen molar-refractivity contribution in [3.05, 3.63) is 167 Å². The highest BCUT2D eigenvalue weighted by Crippen LogP contribution is 2.35. The summed E-state index contributed by atoms with van der Waals surface area (Å²) in [6.45, 7) is 36.1. The molecule has 6 nitrogen and oxygen atoms in total. The highest BCUT2D eigenvalue weighted by atomic mass is 16.6. The second-order valence-corrected chi connectivity index (χ2v) is 13.7. The van der Waals surface area contributed by atoms with E-state index >= 15 is 0 Å². The topological polar surface area (TPSA) is 62.0 Å². The highest BCUT2D eigenvalue weighted by molar-refractivity contribution is 5.87. The second kappa shape index (κ2) is 22.4. The number of ether oxygens (including phenoxy) is 6. The van der Waals surface area contributed by atoms with E-state index < -0.39 is 0 Å². The largest absolute Gasteiger partial charge is 0.498 e. The highest BCUT2D eigenvalue weighted by Gasteiger charge is 2.25. The van der Waals surface area contributed by atoms with Crippen LogP contribution < -0.4 is 0 Å². The number of hydrogen-bond acceptors (Lipinski definition) is 6. The first kappa shape index (κ1) is 43.6. The number of rotatable bonds is 24. The van der Waals surface area contributed by atoms with Crippen molar-refractivity contribution in [1.29, 1.82) is 0 Å². The Morgan fingerprint density at radius 1 is 0.870 bits per heavy atom. The molecule has 0 aromatic heterocycles. The summed E-state index contributed by atoms with van der Waals surface area (Å²) in [6.07, 6.45) is 21.5. The molecule has 6 heteroatoms. The van der Waals surface area contributed by atoms with Crippen LogP contribution in [0.5, 0.6) is 0 Å². The minimum Gasteiger partial charge on any atom is -0.498 e. The van der Waals surface area contributed by atoms with Crippen LogP contribution in [-0.2, 0) is 28.4 Å². The summed E-state index contributed by atoms with van der Waals surface area (Å²) < 4.78 is 35.5. The fraction of sp³-hybridized carbons (Fsp3) is 0.375. The predicted molar refractivity (Wildman–Crippen MR) is 225 cm³/mol. The lowest BCUT2D eigenvalue weighted by Gasteiger charge is -2.20. The quantitative estimate of drug-likeness (QED) is 0.0599. The van der Waals surface area contributed by atoms with Crippen molar-refractivity contribution < 1.29 is 28.4 Å². The van der Waals surface area contributed by atoms with Gasteiger partial charge in [0.1, 0.15) is 48.5 Å². The first-order chi connectivity index (χ1) is 26.0. The molecule has 290 valence electrons. The van der Waals surface area contributed by atoms with E-state index in [9.17, 15) is 0 Å². The van der Waals surface area contributed by atoms with Crippen molar-refractivity contribution in [2.75, 3.05) is 33.0 Å². The summed E-state index contributed by atoms with van der Waals surface area (Å²) >= 11 is 0. The van der Waals surface area contributed by atoms with Crippen LogP contribution in [0.1, 0.15) is 78.0 Å². The lowest BCUT2D eigenvalue weighted by atomic mass is 9.89. The monoisotopic (exact) mass is 734 g/mol. The third-order valence-electron chi connectivity index (χ3n) is 9.07. The molecule has 2 aliphatic rings. The van der Waals surface area contributed by atoms with Crippen LogP contribution in [-0.4, -0.2) is 45.2 Å². The van der Waals surface area contributed by atoms with Gasteiger partial charge in [0.2, 0.25) is 0 Å². The van der Waals surface area contributed by atoms with E-state index in [4.69, 9.17) is 28.4 Å². The van der Waals surface area contributed by atoms with Gasteiger partial charge in [0.05, 0.1) is 25.6 Å². The van der Waals surface area contributed by atoms with Crippen LogP contribution >= 0.6 is 0 Å². The number of hydrogen-bond donors (Lipinski definition) is 0. The third kappa shape index (κ3) is 14.6. The van der Waals surface area contributed by atoms with E-state index in [1.165, 1.54) is 0 Å². The standard InChI is InChI=1S/C48H62O6/c1-13-34(9)28-49-37(12)20-19-21-38-22-23-39(24-36(38)11)48(47(18-6)53-32-45-31-52-45)46(33(7)8)27-43(17-5)54-42(16-4)26-40(35(10)14-2)25-41(15-3)50-29-44-30-51-44/h14-19,21-27,34,44-45H,4,6-7,12-13,20,28-32H2,1-3,5,8-11H3/b21-19-,35-14-,40-25-,41-15+,42-26+,43-17+,46-27+,48-47+. The molecule has 1 aromatic carbocycles. The molecule has 0 N–H and O–H groups in total. The molecule has 2 saturated heterocycles. The van der Waals surface area contributed by atoms with Gasteiger partial charge in [0.15, 0.2) is 0 Å². The van der Waals surface area contributed by atoms with Crippen LogP contribution in [0.15, 0.2) is 150 Å². The van der Waals surface area contributed by atoms with Gasteiger partial charge in [0.25, 0.3) is 0 Å². The van der Waals surface area contributed by atoms with Gasteiger partial charge in [-0.05, 0) is 123 Å². The van der Waals surface area contributed by atoms with Crippen LogP contribution in [0.3, 0.4) is 0 Å². The van der Waals surface area contributed by atoms with E-state index in [-0.39, 0.29) is 12.2 Å². The molecular formula is C48H62O6. The van der Waals surface area contributed by atoms with Gasteiger partial charge >= 0.3 is 0 Å². The molecule has 1 aromatic rings. The van der Waals surface area contributed by atoms with Crippen molar-refractivity contribution >= 4 is 11.6 Å². The Hall–Kier alpha value is -4.78. The lowest BCUT2D eigenvalue weighted by molar-refractivity contribution is 0.168. The van der Waals surface area contributed by atoms with Crippen molar-refractivity contribution in [2.45, 2.75) is 80.4 Å². The number of epoxide rings is 2. The van der Waals surface area contributed by atoms with Crippen LogP contribution in [0.4, 0.5) is 0 Å². The number of allylic oxidation sites excluding steroid dienone is 14. The zero-order valence-corrected chi connectivity index (χ0v) is 34.0. The first-order valence-electron chi connectivity index (χ1n) is 19.0. The molecule has 0 saturated carbocycles. The number of aryl methyl sites for hydroxylation is 1. The Balaban J connectivity index is 2.00. The molecular weight excluding hydrogens is 673 g/mol. The average molecular weight is 735 g/mol. The fourth-order valence-electron chi connectivity index (χ4n) is 5.08. The Morgan fingerprint density at radius 2 is 1.54 bits per heavy atom. The van der Waals surface area contributed by atoms with Crippen molar-refractivity contribution in [3.63, 3.8) is 0 Å². The molecule has 3 unspecified atom stereocenters. The van der Waals surface area contributed by atoms with E-state index in [0.29, 0.717) is 56.0 Å². The predicted octanol–water partition coefficient (Wildman–Crippen LogP) is 12.0. The summed E-state index contributed by atoms with van der Waals surface area (Å²) in [5.41, 5.74) is 7.72. The molecule has 0 bridgehead atoms. The van der Waals surface area contributed by atoms with Crippen LogP contribution in [0.25, 0.3) is 11.6 Å². The summed E-state index contributed by atoms with van der Waals surface area (Å²) in [4.78, 5) is 0. The lowest BCUT2D eigenvalue weighted by Crippen LogP contribution is -2.05. The van der Waals surface area contributed by atoms with Crippen molar-refractivity contribution in [2.24, 2.45) is 5.92 Å². The minimum absolute atomic E-state index is 0.0738. The molecule has 2 fully saturated rings. The molecule has 2 aliphatic heterocycles. The maximum atomic E-state index is 6.53. The van der Waals surface area contributed by atoms with Crippen molar-refractivity contribution in [1.82, 2.24) is 0 Å². The molecule has 0 spiro atoms. The van der Waals surface area contributed by atoms with Gasteiger partial charge in [0, 0.05) is 12.0 Å².